The van der Waals surface area contributed by atoms with Gasteiger partial charge in [-0.3, -0.25) is 4.79 Å². The first-order chi connectivity index (χ1) is 12.3. The average molecular weight is 370 g/mol. The van der Waals surface area contributed by atoms with Crippen molar-refractivity contribution < 1.29 is 18.0 Å². The van der Waals surface area contributed by atoms with Crippen LogP contribution in [0.15, 0.2) is 6.07 Å². The molecule has 1 saturated heterocycles. The van der Waals surface area contributed by atoms with Crippen LogP contribution in [0.2, 0.25) is 0 Å². The van der Waals surface area contributed by atoms with Crippen LogP contribution in [0.3, 0.4) is 0 Å². The minimum absolute atomic E-state index is 0.00294. The fourth-order valence-electron chi connectivity index (χ4n) is 4.24. The van der Waals surface area contributed by atoms with Crippen LogP contribution >= 0.6 is 0 Å². The van der Waals surface area contributed by atoms with E-state index in [-0.39, 0.29) is 30.2 Å². The number of carbonyl (C=O) groups excluding carboxylic acids is 1. The SMILES string of the molecule is CC[C@@H]1C[C@H](C(F)(F)F)n2nc([C@@H]3CCN(C(=O)[C@@H]4C[C@@H]4C)C3)cc2N1. The number of nitrogens with one attached hydrogen (secondary N) is 1. The topological polar surface area (TPSA) is 50.2 Å². The minimum atomic E-state index is -4.31. The molecule has 0 aromatic carbocycles. The number of alkyl halides is 3. The lowest BCUT2D eigenvalue weighted by Gasteiger charge is -2.32. The summed E-state index contributed by atoms with van der Waals surface area (Å²) in [7, 11) is 0. The molecule has 1 aromatic rings. The van der Waals surface area contributed by atoms with Gasteiger partial charge in [0.05, 0.1) is 5.69 Å². The smallest absolute Gasteiger partial charge is 0.367 e. The maximum atomic E-state index is 13.5. The molecule has 3 heterocycles. The van der Waals surface area contributed by atoms with Gasteiger partial charge in [-0.1, -0.05) is 13.8 Å². The quantitative estimate of drug-likeness (QED) is 0.885. The molecule has 8 heteroatoms. The summed E-state index contributed by atoms with van der Waals surface area (Å²) in [4.78, 5) is 14.3. The number of carbonyl (C=O) groups is 1. The van der Waals surface area contributed by atoms with E-state index in [1.54, 1.807) is 6.07 Å². The van der Waals surface area contributed by atoms with Crippen LogP contribution in [0, 0.1) is 11.8 Å². The first kappa shape index (κ1) is 17.7. The lowest BCUT2D eigenvalue weighted by Crippen LogP contribution is -2.38. The Hall–Kier alpha value is -1.73. The molecular formula is C18H25F3N4O. The van der Waals surface area contributed by atoms with Gasteiger partial charge in [-0.05, 0) is 31.6 Å². The van der Waals surface area contributed by atoms with Crippen molar-refractivity contribution >= 4 is 11.7 Å². The van der Waals surface area contributed by atoms with Crippen molar-refractivity contribution in [3.8, 4) is 0 Å². The molecule has 144 valence electrons. The third kappa shape index (κ3) is 3.07. The summed E-state index contributed by atoms with van der Waals surface area (Å²) < 4.78 is 41.5. The van der Waals surface area contributed by atoms with Crippen LogP contribution in [0.1, 0.15) is 57.2 Å². The second kappa shape index (κ2) is 6.16. The Morgan fingerprint density at radius 1 is 1.38 bits per heavy atom. The van der Waals surface area contributed by atoms with Crippen LogP contribution in [0.25, 0.3) is 0 Å². The Balaban J connectivity index is 1.52. The molecule has 0 radical (unpaired) electrons. The van der Waals surface area contributed by atoms with Crippen LogP contribution in [0.4, 0.5) is 19.0 Å². The molecule has 0 bridgehead atoms. The number of amides is 1. The molecule has 2 aliphatic heterocycles. The maximum Gasteiger partial charge on any atom is 0.410 e. The molecule has 4 rings (SSSR count). The zero-order chi connectivity index (χ0) is 18.6. The number of likely N-dealkylation sites (tertiary alicyclic amines) is 1. The molecule has 26 heavy (non-hydrogen) atoms. The van der Waals surface area contributed by atoms with Gasteiger partial charge in [-0.15, -0.1) is 0 Å². The van der Waals surface area contributed by atoms with E-state index in [9.17, 15) is 18.0 Å². The third-order valence-corrected chi connectivity index (χ3v) is 6.13. The van der Waals surface area contributed by atoms with Crippen LogP contribution in [0.5, 0.6) is 0 Å². The van der Waals surface area contributed by atoms with E-state index < -0.39 is 12.2 Å². The van der Waals surface area contributed by atoms with Gasteiger partial charge in [-0.25, -0.2) is 4.68 Å². The number of nitrogens with zero attached hydrogens (tertiary/aromatic N) is 3. The number of hydrogen-bond donors (Lipinski definition) is 1. The monoisotopic (exact) mass is 370 g/mol. The standard InChI is InChI=1S/C18H25F3N4O/c1-3-12-7-15(18(19,20)21)25-16(22-12)8-14(23-25)11-4-5-24(9-11)17(26)13-6-10(13)2/h8,10-13,15,22H,3-7,9H2,1-2H3/t10-,11+,12+,13+,15+/m0/s1. The number of fused-ring (bicyclic) bond motifs is 1. The van der Waals surface area contributed by atoms with Crippen molar-refractivity contribution in [1.82, 2.24) is 14.7 Å². The number of halogens is 3. The normalized spacial score (nSPS) is 33.7. The van der Waals surface area contributed by atoms with E-state index in [1.165, 1.54) is 0 Å². The summed E-state index contributed by atoms with van der Waals surface area (Å²) in [6, 6.07) is -0.0283. The van der Waals surface area contributed by atoms with Gasteiger partial charge >= 0.3 is 6.18 Å². The van der Waals surface area contributed by atoms with Crippen LogP contribution in [-0.2, 0) is 4.79 Å². The molecule has 1 saturated carbocycles. The zero-order valence-corrected chi connectivity index (χ0v) is 15.1. The van der Waals surface area contributed by atoms with E-state index in [1.807, 2.05) is 11.8 Å². The van der Waals surface area contributed by atoms with Crippen molar-refractivity contribution in [2.75, 3.05) is 18.4 Å². The van der Waals surface area contributed by atoms with E-state index in [4.69, 9.17) is 0 Å². The van der Waals surface area contributed by atoms with Crippen molar-refractivity contribution in [3.63, 3.8) is 0 Å². The molecule has 2 fully saturated rings. The molecule has 0 spiro atoms. The van der Waals surface area contributed by atoms with Gasteiger partial charge in [0, 0.05) is 37.0 Å². The first-order valence-electron chi connectivity index (χ1n) is 9.49. The molecule has 1 N–H and O–H groups in total. The highest BCUT2D eigenvalue weighted by Crippen LogP contribution is 2.43. The fourth-order valence-corrected chi connectivity index (χ4v) is 4.24. The molecule has 3 aliphatic rings. The van der Waals surface area contributed by atoms with Crippen molar-refractivity contribution in [2.45, 2.75) is 63.7 Å². The summed E-state index contributed by atoms with van der Waals surface area (Å²) in [6.07, 6.45) is -1.96. The average Bonchev–Trinajstić information content (AvgIpc) is 3.02. The van der Waals surface area contributed by atoms with Gasteiger partial charge in [0.25, 0.3) is 0 Å². The van der Waals surface area contributed by atoms with E-state index >= 15 is 0 Å². The van der Waals surface area contributed by atoms with Crippen molar-refractivity contribution in [2.24, 2.45) is 11.8 Å². The fraction of sp³-hybridized carbons (Fsp3) is 0.778. The Morgan fingerprint density at radius 2 is 2.12 bits per heavy atom. The van der Waals surface area contributed by atoms with Gasteiger partial charge in [-0.2, -0.15) is 18.3 Å². The van der Waals surface area contributed by atoms with Gasteiger partial charge in [0.1, 0.15) is 5.82 Å². The summed E-state index contributed by atoms with van der Waals surface area (Å²) >= 11 is 0. The molecule has 5 nitrogen and oxygen atoms in total. The van der Waals surface area contributed by atoms with Crippen molar-refractivity contribution in [3.05, 3.63) is 11.8 Å². The molecule has 5 atom stereocenters. The number of rotatable bonds is 3. The van der Waals surface area contributed by atoms with Gasteiger partial charge in [0.15, 0.2) is 6.04 Å². The summed E-state index contributed by atoms with van der Waals surface area (Å²) in [5.41, 5.74) is 0.664. The highest BCUT2D eigenvalue weighted by molar-refractivity contribution is 5.82. The van der Waals surface area contributed by atoms with Crippen LogP contribution in [-0.4, -0.2) is 45.9 Å². The van der Waals surface area contributed by atoms with Crippen molar-refractivity contribution in [1.29, 1.82) is 0 Å². The summed E-state index contributed by atoms with van der Waals surface area (Å²) in [5.74, 6) is 1.26. The second-order valence-electron chi connectivity index (χ2n) is 8.03. The van der Waals surface area contributed by atoms with E-state index in [0.29, 0.717) is 36.9 Å². The molecule has 0 unspecified atom stereocenters. The maximum absolute atomic E-state index is 13.5. The second-order valence-corrected chi connectivity index (χ2v) is 8.03. The molecule has 1 aliphatic carbocycles. The molecule has 1 aromatic heterocycles. The predicted octanol–water partition coefficient (Wildman–Crippen LogP) is 3.55. The zero-order valence-electron chi connectivity index (χ0n) is 15.1. The Morgan fingerprint density at radius 3 is 2.73 bits per heavy atom. The Bertz CT molecular complexity index is 701. The van der Waals surface area contributed by atoms with Crippen LogP contribution < -0.4 is 5.32 Å². The number of aromatic nitrogens is 2. The number of hydrogen-bond acceptors (Lipinski definition) is 3. The van der Waals surface area contributed by atoms with E-state index in [2.05, 4.69) is 17.3 Å². The van der Waals surface area contributed by atoms with Gasteiger partial charge in [0.2, 0.25) is 5.91 Å². The Labute approximate surface area is 150 Å². The largest absolute Gasteiger partial charge is 0.410 e. The predicted molar refractivity (Wildman–Crippen MR) is 90.8 cm³/mol. The lowest BCUT2D eigenvalue weighted by molar-refractivity contribution is -0.173. The summed E-state index contributed by atoms with van der Waals surface area (Å²) in [6.45, 7) is 5.19. The van der Waals surface area contributed by atoms with E-state index in [0.717, 1.165) is 17.5 Å². The lowest BCUT2D eigenvalue weighted by atomic mass is 10.0. The summed E-state index contributed by atoms with van der Waals surface area (Å²) in [5, 5.41) is 7.50. The third-order valence-electron chi connectivity index (χ3n) is 6.13. The number of anilines is 1. The highest BCUT2D eigenvalue weighted by Gasteiger charge is 2.47. The van der Waals surface area contributed by atoms with Gasteiger partial charge < -0.3 is 10.2 Å². The molecule has 1 amide bonds. The minimum Gasteiger partial charge on any atom is -0.367 e. The highest BCUT2D eigenvalue weighted by atomic mass is 19.4. The Kier molecular flexibility index (Phi) is 4.19. The first-order valence-corrected chi connectivity index (χ1v) is 9.49. The molecular weight excluding hydrogens is 345 g/mol.